The molecule has 2 heterocycles. The van der Waals surface area contributed by atoms with Gasteiger partial charge in [0.2, 0.25) is 22.1 Å². The zero-order valence-corrected chi connectivity index (χ0v) is 29.5. The molecular weight excluding hydrogens is 1010 g/mol. The van der Waals surface area contributed by atoms with Crippen molar-refractivity contribution in [3.05, 3.63) is 109 Å². The lowest BCUT2D eigenvalue weighted by atomic mass is 10.1. The van der Waals surface area contributed by atoms with Crippen molar-refractivity contribution in [3.8, 4) is 0 Å². The number of rotatable bonds is 0. The minimum atomic E-state index is 0. The van der Waals surface area contributed by atoms with Crippen LogP contribution in [0.3, 0.4) is 0 Å². The van der Waals surface area contributed by atoms with Crippen molar-refractivity contribution in [2.24, 2.45) is 0 Å². The Morgan fingerprint density at radius 3 is 0.794 bits per heavy atom. The average Bonchev–Trinajstić information content (AvgIpc) is 2.89. The Bertz CT molecular complexity index is 1130. The van der Waals surface area contributed by atoms with Gasteiger partial charge in [0, 0.05) is 120 Å². The normalized spacial score (nSPS) is 9.29. The molecule has 6 rings (SSSR count). The third-order valence-corrected chi connectivity index (χ3v) is 5.00. The van der Waals surface area contributed by atoms with E-state index in [0.29, 0.717) is 0 Å². The molecule has 0 aliphatic heterocycles. The van der Waals surface area contributed by atoms with E-state index in [1.807, 2.05) is 24.3 Å². The molecule has 0 saturated carbocycles. The Balaban J connectivity index is 0.000000283. The van der Waals surface area contributed by atoms with Gasteiger partial charge in [-0.2, -0.15) is 0 Å². The zero-order valence-electron chi connectivity index (χ0n) is 17.7. The monoisotopic (exact) mass is 1030 g/mol. The molecule has 6 aromatic rings. The van der Waals surface area contributed by atoms with Crippen molar-refractivity contribution in [3.63, 3.8) is 0 Å². The lowest BCUT2D eigenvalue weighted by Gasteiger charge is -1.94. The lowest BCUT2D eigenvalue weighted by molar-refractivity contribution is -0.310. The molecule has 0 atom stereocenters. The van der Waals surface area contributed by atoms with E-state index in [1.54, 1.807) is 0 Å². The number of nitrogens with one attached hydrogen (secondary N) is 2. The maximum atomic E-state index is 3.41. The minimum Gasteiger partial charge on any atom is -1.00 e. The van der Waals surface area contributed by atoms with Gasteiger partial charge >= 0.3 is 0 Å². The molecule has 2 N–H and O–H groups in total. The molecule has 4 aromatic carbocycles. The van der Waals surface area contributed by atoms with Crippen LogP contribution in [0.1, 0.15) is 0 Å². The van der Waals surface area contributed by atoms with E-state index in [-0.39, 0.29) is 34.0 Å². The number of aromatic amines is 2. The third-order valence-electron chi connectivity index (χ3n) is 5.00. The van der Waals surface area contributed by atoms with Crippen molar-refractivity contribution < 1.29 is 43.9 Å². The molecule has 8 heteroatoms. The Labute approximate surface area is 267 Å². The van der Waals surface area contributed by atoms with Crippen LogP contribution in [0.2, 0.25) is 0 Å². The Hall–Kier alpha value is 0.100. The van der Waals surface area contributed by atoms with Crippen molar-refractivity contribution in [1.29, 1.82) is 0 Å². The number of aromatic nitrogens is 2. The van der Waals surface area contributed by atoms with E-state index in [0.717, 1.165) is 0 Å². The van der Waals surface area contributed by atoms with E-state index in [9.17, 15) is 0 Å². The number of halogens is 6. The molecule has 0 radical (unpaired) electrons. The van der Waals surface area contributed by atoms with Crippen LogP contribution in [-0.4, -0.2) is 0 Å². The SMILES string of the molecule is II.II.[Br-].[Br-].c1ccc2[nH+]c3ccccc3cc2c1.c1ccc2[nH+]c3ccccc3cc2c1. The fourth-order valence-corrected chi connectivity index (χ4v) is 3.57. The number of benzene rings is 4. The smallest absolute Gasteiger partial charge is 0.211 e. The highest BCUT2D eigenvalue weighted by molar-refractivity contribution is 15.0. The maximum absolute atomic E-state index is 3.41. The summed E-state index contributed by atoms with van der Waals surface area (Å²) in [5.74, 6) is 0. The molecule has 2 aromatic heterocycles. The van der Waals surface area contributed by atoms with E-state index < -0.39 is 0 Å². The number of para-hydroxylation sites is 4. The van der Waals surface area contributed by atoms with Gasteiger partial charge in [-0.1, -0.05) is 48.5 Å². The Morgan fingerprint density at radius 1 is 0.353 bits per heavy atom. The van der Waals surface area contributed by atoms with Crippen molar-refractivity contribution in [2.45, 2.75) is 0 Å². The molecule has 0 aliphatic carbocycles. The fraction of sp³-hybridized carbons (Fsp3) is 0. The van der Waals surface area contributed by atoms with Crippen LogP contribution in [0.25, 0.3) is 43.6 Å². The van der Waals surface area contributed by atoms with E-state index >= 15 is 0 Å². The summed E-state index contributed by atoms with van der Waals surface area (Å²) in [7, 11) is 0. The number of H-pyrrole nitrogens is 2. The van der Waals surface area contributed by atoms with Crippen LogP contribution in [0, 0.1) is 0 Å². The highest BCUT2D eigenvalue weighted by atomic mass is 128. The van der Waals surface area contributed by atoms with Crippen LogP contribution >= 0.6 is 74.5 Å². The van der Waals surface area contributed by atoms with E-state index in [2.05, 4.69) is 169 Å². The van der Waals surface area contributed by atoms with Crippen LogP contribution in [0.4, 0.5) is 0 Å². The van der Waals surface area contributed by atoms with Crippen molar-refractivity contribution >= 4 is 118 Å². The summed E-state index contributed by atoms with van der Waals surface area (Å²) >= 11 is 8.48. The number of hydrogen-bond acceptors (Lipinski definition) is 0. The number of hydrogen-bond donors (Lipinski definition) is 0. The quantitative estimate of drug-likeness (QED) is 0.166. The van der Waals surface area contributed by atoms with Gasteiger partial charge in [0.05, 0.1) is 0 Å². The topological polar surface area (TPSA) is 28.3 Å². The van der Waals surface area contributed by atoms with Gasteiger partial charge in [-0.15, -0.1) is 0 Å². The molecule has 0 unspecified atom stereocenters. The first kappa shape index (κ1) is 32.1. The number of pyridine rings is 2. The largest absolute Gasteiger partial charge is 1.00 e. The summed E-state index contributed by atoms with van der Waals surface area (Å²) in [6.45, 7) is 0. The van der Waals surface area contributed by atoms with Crippen LogP contribution < -0.4 is 43.9 Å². The molecule has 176 valence electrons. The summed E-state index contributed by atoms with van der Waals surface area (Å²) in [4.78, 5) is 6.82. The molecule has 2 nitrogen and oxygen atoms in total. The zero-order chi connectivity index (χ0) is 22.8. The van der Waals surface area contributed by atoms with Gasteiger partial charge in [-0.3, -0.25) is 0 Å². The fourth-order valence-electron chi connectivity index (χ4n) is 3.57. The van der Waals surface area contributed by atoms with Gasteiger partial charge in [-0.05, 0) is 36.4 Å². The summed E-state index contributed by atoms with van der Waals surface area (Å²) < 4.78 is 0. The third kappa shape index (κ3) is 8.60. The summed E-state index contributed by atoms with van der Waals surface area (Å²) in [5.41, 5.74) is 4.75. The van der Waals surface area contributed by atoms with Crippen molar-refractivity contribution in [2.75, 3.05) is 0 Å². The first-order chi connectivity index (χ1) is 15.9. The molecular formula is C26H20Br2I4N2. The van der Waals surface area contributed by atoms with Crippen LogP contribution in [-0.2, 0) is 0 Å². The molecule has 0 bridgehead atoms. The molecule has 0 spiro atoms. The second kappa shape index (κ2) is 17.5. The average molecular weight is 1030 g/mol. The molecule has 0 fully saturated rings. The second-order valence-corrected chi connectivity index (χ2v) is 6.89. The minimum absolute atomic E-state index is 0. The molecule has 34 heavy (non-hydrogen) atoms. The van der Waals surface area contributed by atoms with Gasteiger partial charge < -0.3 is 34.0 Å². The van der Waals surface area contributed by atoms with Gasteiger partial charge in [-0.25, -0.2) is 9.97 Å². The molecule has 0 saturated heterocycles. The van der Waals surface area contributed by atoms with E-state index in [1.165, 1.54) is 43.6 Å². The highest BCUT2D eigenvalue weighted by Crippen LogP contribution is 2.16. The first-order valence-electron chi connectivity index (χ1n) is 9.75. The van der Waals surface area contributed by atoms with Crippen molar-refractivity contribution in [1.82, 2.24) is 0 Å². The van der Waals surface area contributed by atoms with Gasteiger partial charge in [0.1, 0.15) is 0 Å². The highest BCUT2D eigenvalue weighted by Gasteiger charge is 2.04. The summed E-state index contributed by atoms with van der Waals surface area (Å²) in [6.07, 6.45) is 0. The molecule has 0 aliphatic rings. The maximum Gasteiger partial charge on any atom is 0.211 e. The Morgan fingerprint density at radius 2 is 0.559 bits per heavy atom. The number of fused-ring (bicyclic) bond motifs is 4. The van der Waals surface area contributed by atoms with Crippen LogP contribution in [0.5, 0.6) is 0 Å². The van der Waals surface area contributed by atoms with Gasteiger partial charge in [0.15, 0.2) is 0 Å². The summed E-state index contributed by atoms with van der Waals surface area (Å²) in [5, 5.41) is 5.02. The predicted molar refractivity (Wildman–Crippen MR) is 172 cm³/mol. The molecule has 0 amide bonds. The van der Waals surface area contributed by atoms with Gasteiger partial charge in [0.25, 0.3) is 0 Å². The second-order valence-electron chi connectivity index (χ2n) is 6.89. The lowest BCUT2D eigenvalue weighted by Crippen LogP contribution is -3.00. The predicted octanol–water partition coefficient (Wildman–Crippen LogP) is 3.17. The Kier molecular flexibility index (Phi) is 16.6. The summed E-state index contributed by atoms with van der Waals surface area (Å²) in [6, 6.07) is 37.7. The van der Waals surface area contributed by atoms with E-state index in [4.69, 9.17) is 0 Å². The first-order valence-corrected chi connectivity index (χ1v) is 22.3. The standard InChI is InChI=1S/2C13H9N.2BrH.2I2/c2*1-3-7-12-10(5-1)9-11-6-2-4-8-13(11)14-12;;;2*1-2/h2*1-9H;2*1H;;. The van der Waals surface area contributed by atoms with Crippen LogP contribution in [0.15, 0.2) is 109 Å².